The SMILES string of the molecule is CN(C)c1ccc(N2CCN(C(=O)c3cc(-c4ccccc4)on3)CC2)nn1. The van der Waals surface area contributed by atoms with Gasteiger partial charge in [0, 0.05) is 51.9 Å². The molecule has 0 N–H and O–H groups in total. The number of benzene rings is 1. The summed E-state index contributed by atoms with van der Waals surface area (Å²) in [4.78, 5) is 18.6. The second-order valence-electron chi connectivity index (χ2n) is 6.87. The molecule has 1 amide bonds. The topological polar surface area (TPSA) is 78.6 Å². The minimum absolute atomic E-state index is 0.111. The first kappa shape index (κ1) is 18.0. The highest BCUT2D eigenvalue weighted by molar-refractivity contribution is 5.93. The smallest absolute Gasteiger partial charge is 0.276 e. The van der Waals surface area contributed by atoms with Gasteiger partial charge in [0.25, 0.3) is 5.91 Å². The van der Waals surface area contributed by atoms with Crippen LogP contribution in [0.1, 0.15) is 10.5 Å². The number of piperazine rings is 1. The van der Waals surface area contributed by atoms with Crippen molar-refractivity contribution in [3.8, 4) is 11.3 Å². The van der Waals surface area contributed by atoms with Crippen LogP contribution in [-0.4, -0.2) is 66.4 Å². The fourth-order valence-corrected chi connectivity index (χ4v) is 3.14. The summed E-state index contributed by atoms with van der Waals surface area (Å²) in [7, 11) is 3.86. The summed E-state index contributed by atoms with van der Waals surface area (Å²) in [6.45, 7) is 2.60. The number of nitrogens with zero attached hydrogens (tertiary/aromatic N) is 6. The van der Waals surface area contributed by atoms with Crippen molar-refractivity contribution in [3.63, 3.8) is 0 Å². The van der Waals surface area contributed by atoms with Crippen molar-refractivity contribution < 1.29 is 9.32 Å². The van der Waals surface area contributed by atoms with E-state index in [2.05, 4.69) is 20.3 Å². The second-order valence-corrected chi connectivity index (χ2v) is 6.87. The van der Waals surface area contributed by atoms with Gasteiger partial charge >= 0.3 is 0 Å². The molecule has 144 valence electrons. The predicted octanol–water partition coefficient (Wildman–Crippen LogP) is 2.16. The van der Waals surface area contributed by atoms with Crippen LogP contribution in [0.2, 0.25) is 0 Å². The van der Waals surface area contributed by atoms with Gasteiger partial charge in [-0.3, -0.25) is 4.79 Å². The Morgan fingerprint density at radius 3 is 2.39 bits per heavy atom. The number of hydrogen-bond acceptors (Lipinski definition) is 7. The lowest BCUT2D eigenvalue weighted by Crippen LogP contribution is -2.49. The highest BCUT2D eigenvalue weighted by atomic mass is 16.5. The second kappa shape index (κ2) is 7.67. The highest BCUT2D eigenvalue weighted by Crippen LogP contribution is 2.21. The first-order chi connectivity index (χ1) is 13.6. The largest absolute Gasteiger partial charge is 0.361 e. The molecule has 1 saturated heterocycles. The van der Waals surface area contributed by atoms with Gasteiger partial charge in [0.15, 0.2) is 23.1 Å². The van der Waals surface area contributed by atoms with Crippen molar-refractivity contribution in [1.29, 1.82) is 0 Å². The van der Waals surface area contributed by atoms with E-state index in [1.807, 2.05) is 61.5 Å². The Balaban J connectivity index is 1.38. The normalized spacial score (nSPS) is 14.2. The molecule has 3 aromatic rings. The summed E-state index contributed by atoms with van der Waals surface area (Å²) in [5.74, 6) is 2.13. The molecule has 1 fully saturated rings. The van der Waals surface area contributed by atoms with Crippen molar-refractivity contribution in [2.24, 2.45) is 0 Å². The van der Waals surface area contributed by atoms with Crippen LogP contribution in [0.5, 0.6) is 0 Å². The zero-order valence-electron chi connectivity index (χ0n) is 15.9. The maximum Gasteiger partial charge on any atom is 0.276 e. The lowest BCUT2D eigenvalue weighted by atomic mass is 10.1. The molecule has 3 heterocycles. The average molecular weight is 378 g/mol. The summed E-state index contributed by atoms with van der Waals surface area (Å²) in [5, 5.41) is 12.5. The number of amides is 1. The zero-order valence-corrected chi connectivity index (χ0v) is 15.9. The minimum Gasteiger partial charge on any atom is -0.361 e. The molecular formula is C20H22N6O2. The van der Waals surface area contributed by atoms with Gasteiger partial charge in [0.1, 0.15) is 0 Å². The molecule has 0 radical (unpaired) electrons. The summed E-state index contributed by atoms with van der Waals surface area (Å²) in [6.07, 6.45) is 0. The van der Waals surface area contributed by atoms with Crippen LogP contribution < -0.4 is 9.80 Å². The van der Waals surface area contributed by atoms with Gasteiger partial charge in [-0.2, -0.15) is 0 Å². The zero-order chi connectivity index (χ0) is 19.5. The van der Waals surface area contributed by atoms with Crippen molar-refractivity contribution in [2.45, 2.75) is 0 Å². The molecule has 28 heavy (non-hydrogen) atoms. The fraction of sp³-hybridized carbons (Fsp3) is 0.300. The maximum atomic E-state index is 12.8. The van der Waals surface area contributed by atoms with E-state index in [0.717, 1.165) is 17.2 Å². The van der Waals surface area contributed by atoms with Gasteiger partial charge in [-0.1, -0.05) is 35.5 Å². The Labute approximate surface area is 163 Å². The third-order valence-electron chi connectivity index (χ3n) is 4.77. The lowest BCUT2D eigenvalue weighted by molar-refractivity contribution is 0.0736. The molecule has 0 bridgehead atoms. The molecule has 0 spiro atoms. The third-order valence-corrected chi connectivity index (χ3v) is 4.77. The summed E-state index contributed by atoms with van der Waals surface area (Å²) in [5.41, 5.74) is 1.24. The first-order valence-corrected chi connectivity index (χ1v) is 9.19. The number of carbonyl (C=O) groups is 1. The molecule has 2 aromatic heterocycles. The van der Waals surface area contributed by atoms with Crippen LogP contribution in [0.3, 0.4) is 0 Å². The summed E-state index contributed by atoms with van der Waals surface area (Å²) >= 11 is 0. The van der Waals surface area contributed by atoms with Gasteiger partial charge in [-0.25, -0.2) is 0 Å². The van der Waals surface area contributed by atoms with E-state index < -0.39 is 0 Å². The van der Waals surface area contributed by atoms with Crippen LogP contribution >= 0.6 is 0 Å². The van der Waals surface area contributed by atoms with Crippen LogP contribution in [0.15, 0.2) is 53.1 Å². The van der Waals surface area contributed by atoms with Gasteiger partial charge in [0.05, 0.1) is 0 Å². The Bertz CT molecular complexity index is 931. The minimum atomic E-state index is -0.111. The fourth-order valence-electron chi connectivity index (χ4n) is 3.14. The molecule has 1 aromatic carbocycles. The number of aromatic nitrogens is 3. The molecule has 1 aliphatic heterocycles. The van der Waals surface area contributed by atoms with E-state index in [4.69, 9.17) is 4.52 Å². The van der Waals surface area contributed by atoms with Crippen molar-refractivity contribution >= 4 is 17.5 Å². The summed E-state index contributed by atoms with van der Waals surface area (Å²) in [6, 6.07) is 15.2. The van der Waals surface area contributed by atoms with Crippen LogP contribution in [0.25, 0.3) is 11.3 Å². The molecule has 8 heteroatoms. The molecule has 8 nitrogen and oxygen atoms in total. The van der Waals surface area contributed by atoms with Crippen molar-refractivity contribution in [1.82, 2.24) is 20.3 Å². The van der Waals surface area contributed by atoms with Gasteiger partial charge < -0.3 is 19.2 Å². The monoisotopic (exact) mass is 378 g/mol. The van der Waals surface area contributed by atoms with E-state index >= 15 is 0 Å². The Morgan fingerprint density at radius 1 is 1.00 bits per heavy atom. The maximum absolute atomic E-state index is 12.8. The Kier molecular flexibility index (Phi) is 4.92. The number of hydrogen-bond donors (Lipinski definition) is 0. The highest BCUT2D eigenvalue weighted by Gasteiger charge is 2.25. The average Bonchev–Trinajstić information content (AvgIpc) is 3.24. The van der Waals surface area contributed by atoms with E-state index in [9.17, 15) is 4.79 Å². The molecular weight excluding hydrogens is 356 g/mol. The van der Waals surface area contributed by atoms with Gasteiger partial charge in [0.2, 0.25) is 0 Å². The Morgan fingerprint density at radius 2 is 1.75 bits per heavy atom. The predicted molar refractivity (Wildman–Crippen MR) is 106 cm³/mol. The van der Waals surface area contributed by atoms with E-state index in [1.54, 1.807) is 11.0 Å². The lowest BCUT2D eigenvalue weighted by Gasteiger charge is -2.34. The number of carbonyl (C=O) groups excluding carboxylic acids is 1. The molecule has 4 rings (SSSR count). The van der Waals surface area contributed by atoms with Crippen LogP contribution in [-0.2, 0) is 0 Å². The molecule has 0 unspecified atom stereocenters. The van der Waals surface area contributed by atoms with E-state index in [1.165, 1.54) is 0 Å². The quantitative estimate of drug-likeness (QED) is 0.688. The molecule has 0 aliphatic carbocycles. The van der Waals surface area contributed by atoms with Crippen LogP contribution in [0, 0.1) is 0 Å². The van der Waals surface area contributed by atoms with Crippen molar-refractivity contribution in [2.75, 3.05) is 50.1 Å². The third kappa shape index (κ3) is 3.66. The van der Waals surface area contributed by atoms with Gasteiger partial charge in [-0.15, -0.1) is 10.2 Å². The first-order valence-electron chi connectivity index (χ1n) is 9.19. The van der Waals surface area contributed by atoms with Gasteiger partial charge in [-0.05, 0) is 12.1 Å². The summed E-state index contributed by atoms with van der Waals surface area (Å²) < 4.78 is 5.35. The van der Waals surface area contributed by atoms with E-state index in [0.29, 0.717) is 37.6 Å². The standard InChI is InChI=1S/C20H22N6O2/c1-24(2)18-8-9-19(22-21-18)25-10-12-26(13-11-25)20(27)16-14-17(28-23-16)15-6-4-3-5-7-15/h3-9,14H,10-13H2,1-2H3. The molecule has 0 saturated carbocycles. The Hall–Kier alpha value is -3.42. The number of rotatable bonds is 4. The molecule has 1 aliphatic rings. The van der Waals surface area contributed by atoms with Crippen LogP contribution in [0.4, 0.5) is 11.6 Å². The number of anilines is 2. The molecule has 0 atom stereocenters. The van der Waals surface area contributed by atoms with E-state index in [-0.39, 0.29) is 5.91 Å². The van der Waals surface area contributed by atoms with Crippen molar-refractivity contribution in [3.05, 3.63) is 54.2 Å².